The highest BCUT2D eigenvalue weighted by Crippen LogP contribution is 2.17. The van der Waals surface area contributed by atoms with Crippen molar-refractivity contribution in [2.24, 2.45) is 5.10 Å². The van der Waals surface area contributed by atoms with Gasteiger partial charge in [0, 0.05) is 24.8 Å². The van der Waals surface area contributed by atoms with Crippen LogP contribution in [0.15, 0.2) is 76.6 Å². The summed E-state index contributed by atoms with van der Waals surface area (Å²) in [6.07, 6.45) is 1.64. The fourth-order valence-electron chi connectivity index (χ4n) is 2.93. The first-order valence-corrected chi connectivity index (χ1v) is 8.99. The van der Waals surface area contributed by atoms with Crippen molar-refractivity contribution in [3.8, 4) is 0 Å². The normalized spacial score (nSPS) is 11.0. The predicted octanol–water partition coefficient (Wildman–Crippen LogP) is 3.65. The second kappa shape index (κ2) is 8.36. The first kappa shape index (κ1) is 18.5. The number of rotatable bonds is 6. The van der Waals surface area contributed by atoms with Gasteiger partial charge in [-0.15, -0.1) is 0 Å². The molecule has 27 heavy (non-hydrogen) atoms. The zero-order valence-electron chi connectivity index (χ0n) is 15.7. The van der Waals surface area contributed by atoms with E-state index in [1.165, 1.54) is 16.3 Å². The van der Waals surface area contributed by atoms with E-state index < -0.39 is 0 Å². The van der Waals surface area contributed by atoms with Crippen LogP contribution in [0.1, 0.15) is 23.6 Å². The van der Waals surface area contributed by atoms with Gasteiger partial charge in [-0.1, -0.05) is 42.5 Å². The Morgan fingerprint density at radius 1 is 1.07 bits per heavy atom. The van der Waals surface area contributed by atoms with Crippen molar-refractivity contribution in [3.63, 3.8) is 0 Å². The van der Waals surface area contributed by atoms with Crippen LogP contribution in [0.5, 0.6) is 0 Å². The molecule has 138 valence electrons. The number of nitrogens with two attached hydrogens (primary N) is 1. The van der Waals surface area contributed by atoms with Crippen LogP contribution in [0.4, 0.5) is 11.5 Å². The highest BCUT2D eigenvalue weighted by Gasteiger charge is 2.05. The van der Waals surface area contributed by atoms with Crippen LogP contribution >= 0.6 is 0 Å². The second-order valence-electron chi connectivity index (χ2n) is 6.44. The molecule has 1 heterocycles. The van der Waals surface area contributed by atoms with Crippen molar-refractivity contribution in [1.82, 2.24) is 4.68 Å². The van der Waals surface area contributed by atoms with E-state index in [1.807, 2.05) is 25.1 Å². The molecule has 3 aromatic rings. The van der Waals surface area contributed by atoms with Crippen molar-refractivity contribution in [2.45, 2.75) is 20.4 Å². The van der Waals surface area contributed by atoms with Crippen LogP contribution in [-0.2, 0) is 6.54 Å². The molecule has 0 atom stereocenters. The van der Waals surface area contributed by atoms with E-state index >= 15 is 0 Å². The molecule has 1 aromatic heterocycles. The lowest BCUT2D eigenvalue weighted by Crippen LogP contribution is -2.21. The van der Waals surface area contributed by atoms with Crippen molar-refractivity contribution in [1.29, 1.82) is 0 Å². The summed E-state index contributed by atoms with van der Waals surface area (Å²) in [5.74, 6) is 0.327. The van der Waals surface area contributed by atoms with E-state index in [-0.39, 0.29) is 5.56 Å². The van der Waals surface area contributed by atoms with E-state index in [9.17, 15) is 4.79 Å². The molecule has 2 aromatic carbocycles. The van der Waals surface area contributed by atoms with Gasteiger partial charge in [0.1, 0.15) is 5.82 Å². The maximum absolute atomic E-state index is 12.0. The molecule has 0 aliphatic carbocycles. The van der Waals surface area contributed by atoms with Crippen LogP contribution in [-0.4, -0.2) is 17.4 Å². The number of anilines is 2. The van der Waals surface area contributed by atoms with E-state index in [1.54, 1.807) is 12.3 Å². The molecular formula is C22H24N4O. The van der Waals surface area contributed by atoms with Gasteiger partial charge >= 0.3 is 0 Å². The average molecular weight is 360 g/mol. The maximum atomic E-state index is 12.0. The molecule has 0 spiro atoms. The number of aromatic nitrogens is 1. The van der Waals surface area contributed by atoms with Gasteiger partial charge in [0.15, 0.2) is 0 Å². The molecular weight excluding hydrogens is 336 g/mol. The van der Waals surface area contributed by atoms with Crippen LogP contribution in [0.2, 0.25) is 0 Å². The smallest absolute Gasteiger partial charge is 0.273 e. The zero-order valence-corrected chi connectivity index (χ0v) is 15.7. The van der Waals surface area contributed by atoms with Gasteiger partial charge < -0.3 is 10.6 Å². The van der Waals surface area contributed by atoms with Crippen molar-refractivity contribution >= 4 is 17.7 Å². The monoisotopic (exact) mass is 360 g/mol. The summed E-state index contributed by atoms with van der Waals surface area (Å²) in [4.78, 5) is 14.3. The van der Waals surface area contributed by atoms with Crippen molar-refractivity contribution in [2.75, 3.05) is 17.2 Å². The minimum absolute atomic E-state index is 0.236. The molecule has 0 fully saturated rings. The lowest BCUT2D eigenvalue weighted by molar-refractivity contribution is 0.832. The third-order valence-corrected chi connectivity index (χ3v) is 4.36. The Bertz CT molecular complexity index is 975. The summed E-state index contributed by atoms with van der Waals surface area (Å²) in [6.45, 7) is 5.75. The summed E-state index contributed by atoms with van der Waals surface area (Å²) in [7, 11) is 0. The van der Waals surface area contributed by atoms with Crippen molar-refractivity contribution < 1.29 is 0 Å². The molecule has 5 heteroatoms. The van der Waals surface area contributed by atoms with Crippen molar-refractivity contribution in [3.05, 3.63) is 93.8 Å². The Morgan fingerprint density at radius 3 is 2.41 bits per heavy atom. The highest BCUT2D eigenvalue weighted by atomic mass is 16.1. The van der Waals surface area contributed by atoms with Gasteiger partial charge in [-0.25, -0.2) is 0 Å². The molecule has 0 unspecified atom stereocenters. The molecule has 0 saturated carbocycles. The first-order valence-electron chi connectivity index (χ1n) is 8.99. The fraction of sp³-hybridized carbons (Fsp3) is 0.182. The molecule has 0 aliphatic rings. The number of benzene rings is 2. The Balaban J connectivity index is 1.76. The van der Waals surface area contributed by atoms with Crippen LogP contribution in [0.25, 0.3) is 0 Å². The molecule has 5 nitrogen and oxygen atoms in total. The topological polar surface area (TPSA) is 63.6 Å². The van der Waals surface area contributed by atoms with Gasteiger partial charge in [-0.05, 0) is 48.7 Å². The van der Waals surface area contributed by atoms with E-state index in [2.05, 4.69) is 53.3 Å². The van der Waals surface area contributed by atoms with Crippen LogP contribution in [0.3, 0.4) is 0 Å². The fourth-order valence-corrected chi connectivity index (χ4v) is 2.93. The molecule has 0 saturated heterocycles. The van der Waals surface area contributed by atoms with Gasteiger partial charge in [-0.3, -0.25) is 4.79 Å². The lowest BCUT2D eigenvalue weighted by Gasteiger charge is -2.23. The number of nitrogen functional groups attached to an aromatic ring is 1. The number of hydrogen-bond donors (Lipinski definition) is 1. The lowest BCUT2D eigenvalue weighted by atomic mass is 10.1. The standard InChI is InChI=1S/C22H24N4O/c1-3-25(16-19-7-5-4-6-8-19)20-11-9-18(10-12-20)15-24-26-21(23)13-17(2)14-22(26)27/h4-15H,3,16,23H2,1-2H3. The van der Waals surface area contributed by atoms with E-state index in [4.69, 9.17) is 5.73 Å². The summed E-state index contributed by atoms with van der Waals surface area (Å²) >= 11 is 0. The van der Waals surface area contributed by atoms with Gasteiger partial charge in [-0.2, -0.15) is 9.78 Å². The van der Waals surface area contributed by atoms with Crippen LogP contribution < -0.4 is 16.2 Å². The number of pyridine rings is 1. The SMILES string of the molecule is CCN(Cc1ccccc1)c1ccc(C=Nn2c(N)cc(C)cc2=O)cc1. The molecule has 2 N–H and O–H groups in total. The predicted molar refractivity (Wildman–Crippen MR) is 112 cm³/mol. The Labute approximate surface area is 159 Å². The van der Waals surface area contributed by atoms with Crippen LogP contribution in [0, 0.1) is 6.92 Å². The quantitative estimate of drug-likeness (QED) is 0.683. The number of hydrogen-bond acceptors (Lipinski definition) is 4. The zero-order chi connectivity index (χ0) is 19.2. The van der Waals surface area contributed by atoms with E-state index in [0.29, 0.717) is 5.82 Å². The first-order chi connectivity index (χ1) is 13.1. The Morgan fingerprint density at radius 2 is 1.78 bits per heavy atom. The highest BCUT2D eigenvalue weighted by molar-refractivity contribution is 5.80. The number of aryl methyl sites for hydroxylation is 1. The minimum atomic E-state index is -0.236. The summed E-state index contributed by atoms with van der Waals surface area (Å²) in [5, 5.41) is 4.22. The van der Waals surface area contributed by atoms with Gasteiger partial charge in [0.25, 0.3) is 5.56 Å². The second-order valence-corrected chi connectivity index (χ2v) is 6.44. The third kappa shape index (κ3) is 4.64. The summed E-state index contributed by atoms with van der Waals surface area (Å²) < 4.78 is 1.20. The Kier molecular flexibility index (Phi) is 5.71. The molecule has 0 amide bonds. The third-order valence-electron chi connectivity index (χ3n) is 4.36. The maximum Gasteiger partial charge on any atom is 0.273 e. The van der Waals surface area contributed by atoms with Gasteiger partial charge in [0.05, 0.1) is 6.21 Å². The largest absolute Gasteiger partial charge is 0.384 e. The minimum Gasteiger partial charge on any atom is -0.384 e. The summed E-state index contributed by atoms with van der Waals surface area (Å²) in [5.41, 5.74) is 9.80. The molecule has 0 aliphatic heterocycles. The van der Waals surface area contributed by atoms with E-state index in [0.717, 1.165) is 29.9 Å². The average Bonchev–Trinajstić information content (AvgIpc) is 2.67. The molecule has 0 bridgehead atoms. The summed E-state index contributed by atoms with van der Waals surface area (Å²) in [6, 6.07) is 21.8. The molecule has 0 radical (unpaired) electrons. The molecule has 3 rings (SSSR count). The van der Waals surface area contributed by atoms with Gasteiger partial charge in [0.2, 0.25) is 0 Å². The number of nitrogens with zero attached hydrogens (tertiary/aromatic N) is 3. The Hall–Kier alpha value is -3.34.